The van der Waals surface area contributed by atoms with Gasteiger partial charge >= 0.3 is 0 Å². The van der Waals surface area contributed by atoms with Gasteiger partial charge in [0.15, 0.2) is 0 Å². The first kappa shape index (κ1) is 14.3. The summed E-state index contributed by atoms with van der Waals surface area (Å²) >= 11 is 1.82. The van der Waals surface area contributed by atoms with Crippen LogP contribution in [0.1, 0.15) is 45.9 Å². The molecule has 0 amide bonds. The Morgan fingerprint density at radius 3 is 2.59 bits per heavy atom. The Kier molecular flexibility index (Phi) is 7.01. The van der Waals surface area contributed by atoms with Crippen LogP contribution < -0.4 is 5.32 Å². The van der Waals surface area contributed by atoms with Gasteiger partial charge in [0.25, 0.3) is 0 Å². The molecule has 0 bridgehead atoms. The number of rotatable bonds is 8. The number of nitrogens with one attached hydrogen (secondary N) is 1. The largest absolute Gasteiger partial charge is 0.370 e. The maximum atomic E-state index is 4.58. The van der Waals surface area contributed by atoms with E-state index in [9.17, 15) is 0 Å². The summed E-state index contributed by atoms with van der Waals surface area (Å²) in [5.74, 6) is 3.06. The molecule has 0 fully saturated rings. The Morgan fingerprint density at radius 1 is 1.12 bits per heavy atom. The number of thioether (sulfide) groups is 1. The first-order valence-electron chi connectivity index (χ1n) is 6.54. The van der Waals surface area contributed by atoms with Crippen molar-refractivity contribution in [1.82, 2.24) is 9.97 Å². The van der Waals surface area contributed by atoms with Gasteiger partial charge in [-0.15, -0.1) is 11.8 Å². The average Bonchev–Trinajstić information content (AvgIpc) is 2.34. The number of anilines is 1. The van der Waals surface area contributed by atoms with Crippen LogP contribution in [0.25, 0.3) is 0 Å². The molecule has 0 aliphatic carbocycles. The summed E-state index contributed by atoms with van der Waals surface area (Å²) in [5, 5.41) is 4.45. The highest BCUT2D eigenvalue weighted by molar-refractivity contribution is 7.99. The topological polar surface area (TPSA) is 37.8 Å². The van der Waals surface area contributed by atoms with Crippen LogP contribution >= 0.6 is 11.8 Å². The van der Waals surface area contributed by atoms with Gasteiger partial charge in [0.1, 0.15) is 16.7 Å². The van der Waals surface area contributed by atoms with Gasteiger partial charge in [0.05, 0.1) is 0 Å². The van der Waals surface area contributed by atoms with E-state index < -0.39 is 0 Å². The maximum Gasteiger partial charge on any atom is 0.132 e. The second kappa shape index (κ2) is 8.34. The van der Waals surface area contributed by atoms with Crippen molar-refractivity contribution in [3.63, 3.8) is 0 Å². The molecule has 96 valence electrons. The third-order valence-corrected chi connectivity index (χ3v) is 3.35. The zero-order valence-electron chi connectivity index (χ0n) is 11.1. The molecule has 0 aliphatic heterocycles. The third kappa shape index (κ3) is 5.39. The molecule has 0 saturated heterocycles. The van der Waals surface area contributed by atoms with E-state index in [1.54, 1.807) is 0 Å². The summed E-state index contributed by atoms with van der Waals surface area (Å²) in [6.07, 6.45) is 4.34. The van der Waals surface area contributed by atoms with Gasteiger partial charge in [-0.25, -0.2) is 9.97 Å². The Balaban J connectivity index is 2.76. The quantitative estimate of drug-likeness (QED) is 0.565. The first-order valence-corrected chi connectivity index (χ1v) is 7.53. The van der Waals surface area contributed by atoms with E-state index in [0.717, 1.165) is 48.2 Å². The molecule has 1 N–H and O–H groups in total. The van der Waals surface area contributed by atoms with Gasteiger partial charge in [-0.2, -0.15) is 0 Å². The van der Waals surface area contributed by atoms with Crippen LogP contribution in [0.15, 0.2) is 11.1 Å². The van der Waals surface area contributed by atoms with Crippen LogP contribution in [0, 0.1) is 0 Å². The standard InChI is InChI=1S/C13H23N3S/c1-4-7-11-15-12(14-8-5-2)10-13(16-11)17-9-6-3/h10H,4-9H2,1-3H3,(H,14,15,16). The zero-order chi connectivity index (χ0) is 12.5. The van der Waals surface area contributed by atoms with Crippen molar-refractivity contribution in [2.75, 3.05) is 17.6 Å². The van der Waals surface area contributed by atoms with Crippen LogP contribution in [0.3, 0.4) is 0 Å². The minimum Gasteiger partial charge on any atom is -0.370 e. The molecule has 17 heavy (non-hydrogen) atoms. The molecule has 1 heterocycles. The van der Waals surface area contributed by atoms with Crippen LogP contribution in [0.2, 0.25) is 0 Å². The molecule has 0 aliphatic rings. The number of hydrogen-bond acceptors (Lipinski definition) is 4. The van der Waals surface area contributed by atoms with E-state index in [0.29, 0.717) is 0 Å². The van der Waals surface area contributed by atoms with E-state index in [4.69, 9.17) is 0 Å². The van der Waals surface area contributed by atoms with Gasteiger partial charge < -0.3 is 5.32 Å². The first-order chi connectivity index (χ1) is 8.30. The number of hydrogen-bond donors (Lipinski definition) is 1. The Labute approximate surface area is 109 Å². The Hall–Kier alpha value is -0.770. The van der Waals surface area contributed by atoms with Crippen molar-refractivity contribution in [3.8, 4) is 0 Å². The molecule has 0 radical (unpaired) electrons. The Morgan fingerprint density at radius 2 is 1.94 bits per heavy atom. The monoisotopic (exact) mass is 253 g/mol. The fourth-order valence-corrected chi connectivity index (χ4v) is 2.21. The predicted octanol–water partition coefficient (Wildman–Crippen LogP) is 3.75. The van der Waals surface area contributed by atoms with Crippen LogP contribution in [-0.4, -0.2) is 22.3 Å². The fourth-order valence-electron chi connectivity index (χ4n) is 1.43. The van der Waals surface area contributed by atoms with E-state index in [2.05, 4.69) is 42.1 Å². The minimum atomic E-state index is 0.960. The second-order valence-electron chi connectivity index (χ2n) is 4.03. The molecule has 0 unspecified atom stereocenters. The van der Waals surface area contributed by atoms with Crippen molar-refractivity contribution in [2.45, 2.75) is 51.5 Å². The molecule has 1 aromatic heterocycles. The molecule has 0 saturated carbocycles. The van der Waals surface area contributed by atoms with Gasteiger partial charge in [-0.3, -0.25) is 0 Å². The highest BCUT2D eigenvalue weighted by Crippen LogP contribution is 2.19. The molecule has 0 aromatic carbocycles. The molecular weight excluding hydrogens is 230 g/mol. The van der Waals surface area contributed by atoms with Crippen molar-refractivity contribution in [3.05, 3.63) is 11.9 Å². The molecule has 0 atom stereocenters. The molecular formula is C13H23N3S. The normalized spacial score (nSPS) is 10.5. The summed E-state index contributed by atoms with van der Waals surface area (Å²) < 4.78 is 0. The molecule has 1 aromatic rings. The predicted molar refractivity (Wildman–Crippen MR) is 75.8 cm³/mol. The van der Waals surface area contributed by atoms with Crippen molar-refractivity contribution in [2.24, 2.45) is 0 Å². The lowest BCUT2D eigenvalue weighted by molar-refractivity contribution is 0.807. The van der Waals surface area contributed by atoms with E-state index in [-0.39, 0.29) is 0 Å². The van der Waals surface area contributed by atoms with E-state index >= 15 is 0 Å². The van der Waals surface area contributed by atoms with Gasteiger partial charge in [-0.1, -0.05) is 20.8 Å². The summed E-state index contributed by atoms with van der Waals surface area (Å²) in [6.45, 7) is 7.49. The maximum absolute atomic E-state index is 4.58. The SMILES string of the molecule is CCCNc1cc(SCCC)nc(CCC)n1. The summed E-state index contributed by atoms with van der Waals surface area (Å²) in [7, 11) is 0. The Bertz CT molecular complexity index is 302. The highest BCUT2D eigenvalue weighted by atomic mass is 32.2. The second-order valence-corrected chi connectivity index (χ2v) is 5.15. The van der Waals surface area contributed by atoms with Crippen LogP contribution in [0.5, 0.6) is 0 Å². The summed E-state index contributed by atoms with van der Waals surface area (Å²) in [6, 6.07) is 2.06. The number of aryl methyl sites for hydroxylation is 1. The van der Waals surface area contributed by atoms with Crippen LogP contribution in [-0.2, 0) is 6.42 Å². The molecule has 0 spiro atoms. The van der Waals surface area contributed by atoms with Gasteiger partial charge in [0, 0.05) is 19.0 Å². The van der Waals surface area contributed by atoms with Gasteiger partial charge in [0.2, 0.25) is 0 Å². The average molecular weight is 253 g/mol. The smallest absolute Gasteiger partial charge is 0.132 e. The summed E-state index contributed by atoms with van der Waals surface area (Å²) in [5.41, 5.74) is 0. The van der Waals surface area contributed by atoms with Crippen LogP contribution in [0.4, 0.5) is 5.82 Å². The molecule has 3 nitrogen and oxygen atoms in total. The van der Waals surface area contributed by atoms with E-state index in [1.165, 1.54) is 6.42 Å². The van der Waals surface area contributed by atoms with Gasteiger partial charge in [-0.05, 0) is 25.0 Å². The minimum absolute atomic E-state index is 0.960. The van der Waals surface area contributed by atoms with E-state index in [1.807, 2.05) is 11.8 Å². The van der Waals surface area contributed by atoms with Crippen molar-refractivity contribution < 1.29 is 0 Å². The molecule has 1 rings (SSSR count). The zero-order valence-corrected chi connectivity index (χ0v) is 11.9. The highest BCUT2D eigenvalue weighted by Gasteiger charge is 2.04. The lowest BCUT2D eigenvalue weighted by atomic mass is 10.3. The van der Waals surface area contributed by atoms with Crippen molar-refractivity contribution in [1.29, 1.82) is 0 Å². The fraction of sp³-hybridized carbons (Fsp3) is 0.692. The third-order valence-electron chi connectivity index (χ3n) is 2.23. The van der Waals surface area contributed by atoms with Crippen molar-refractivity contribution >= 4 is 17.6 Å². The molecule has 4 heteroatoms. The lowest BCUT2D eigenvalue weighted by Gasteiger charge is -2.08. The summed E-state index contributed by atoms with van der Waals surface area (Å²) in [4.78, 5) is 9.11. The number of aromatic nitrogens is 2. The lowest BCUT2D eigenvalue weighted by Crippen LogP contribution is -2.06. The number of nitrogens with zero attached hydrogens (tertiary/aromatic N) is 2.